The van der Waals surface area contributed by atoms with Crippen LogP contribution in [-0.2, 0) is 34.6 Å². The molecule has 4 aromatic rings. The number of rotatable bonds is 10. The number of nitrogens with one attached hydrogen (secondary N) is 3. The Bertz CT molecular complexity index is 1510. The minimum atomic E-state index is -1.77. The third-order valence-corrected chi connectivity index (χ3v) is 6.90. The highest BCUT2D eigenvalue weighted by molar-refractivity contribution is 6.06. The fraction of sp³-hybridized carbons (Fsp3) is 0.286. The summed E-state index contributed by atoms with van der Waals surface area (Å²) in [5, 5.41) is 35.2. The number of aliphatic hydroxyl groups excluding tert-OH is 1. The van der Waals surface area contributed by atoms with Crippen molar-refractivity contribution in [3.8, 4) is 0 Å². The standard InChI is InChI=1S/C28H30N6O4/c1-18(6-4-5-12-34-17-21(11-13-35)32-33-34)28(38)23-15-20(9-10-25(23)31-27(28)37)30-26(36)14-19-16-29-24-8-3-2-7-22(19)24/h2-4,6-10,15-18,29,35,38H,5,11-14H2,1H3,(H,30,36)(H,31,37)/b6-4+/t18-,28+/m0/s1. The molecule has 0 radical (unpaired) electrons. The van der Waals surface area contributed by atoms with E-state index in [0.717, 1.165) is 22.2 Å². The van der Waals surface area contributed by atoms with Crippen molar-refractivity contribution in [2.45, 2.75) is 38.3 Å². The van der Waals surface area contributed by atoms with Crippen LogP contribution in [0.15, 0.2) is 67.0 Å². The number of aromatic nitrogens is 4. The number of aryl methyl sites for hydroxylation is 1. The van der Waals surface area contributed by atoms with Gasteiger partial charge in [-0.25, -0.2) is 0 Å². The minimum Gasteiger partial charge on any atom is -0.396 e. The predicted molar refractivity (Wildman–Crippen MR) is 143 cm³/mol. The van der Waals surface area contributed by atoms with Crippen LogP contribution in [0.1, 0.15) is 30.2 Å². The molecule has 2 aromatic heterocycles. The van der Waals surface area contributed by atoms with Crippen LogP contribution in [0, 0.1) is 5.92 Å². The number of aliphatic hydroxyl groups is 2. The normalized spacial score (nSPS) is 17.6. The fourth-order valence-corrected chi connectivity index (χ4v) is 4.82. The maximum atomic E-state index is 12.9. The van der Waals surface area contributed by atoms with E-state index in [1.54, 1.807) is 36.0 Å². The van der Waals surface area contributed by atoms with Crippen molar-refractivity contribution < 1.29 is 19.8 Å². The van der Waals surface area contributed by atoms with Crippen LogP contribution in [0.3, 0.4) is 0 Å². The lowest BCUT2D eigenvalue weighted by molar-refractivity contribution is -0.137. The molecule has 3 heterocycles. The SMILES string of the molecule is C[C@@H](/C=C/CCn1cc(CCO)nn1)[C@]1(O)C(=O)Nc2ccc(NC(=O)Cc3c[nH]c4ccccc34)cc21. The Morgan fingerprint density at radius 2 is 2.11 bits per heavy atom. The van der Waals surface area contributed by atoms with E-state index in [4.69, 9.17) is 5.11 Å². The molecule has 38 heavy (non-hydrogen) atoms. The second kappa shape index (κ2) is 10.6. The number of hydrogen-bond donors (Lipinski definition) is 5. The number of carbonyl (C=O) groups excluding carboxylic acids is 2. The van der Waals surface area contributed by atoms with Crippen LogP contribution >= 0.6 is 0 Å². The Balaban J connectivity index is 1.25. The zero-order valence-corrected chi connectivity index (χ0v) is 21.0. The summed E-state index contributed by atoms with van der Waals surface area (Å²) in [5.74, 6) is -1.22. The Hall–Kier alpha value is -4.28. The van der Waals surface area contributed by atoms with Crippen LogP contribution in [0.25, 0.3) is 10.9 Å². The van der Waals surface area contributed by atoms with E-state index < -0.39 is 17.4 Å². The lowest BCUT2D eigenvalue weighted by Gasteiger charge is -2.26. The van der Waals surface area contributed by atoms with Gasteiger partial charge in [-0.2, -0.15) is 0 Å². The second-order valence-corrected chi connectivity index (χ2v) is 9.52. The number of para-hydroxylation sites is 1. The average molecular weight is 515 g/mol. The number of amides is 2. The molecule has 0 saturated heterocycles. The van der Waals surface area contributed by atoms with Crippen molar-refractivity contribution >= 4 is 34.1 Å². The maximum Gasteiger partial charge on any atom is 0.261 e. The lowest BCUT2D eigenvalue weighted by atomic mass is 9.82. The summed E-state index contributed by atoms with van der Waals surface area (Å²) < 4.78 is 1.69. The molecule has 196 valence electrons. The van der Waals surface area contributed by atoms with Crippen molar-refractivity contribution in [2.24, 2.45) is 5.92 Å². The predicted octanol–water partition coefficient (Wildman–Crippen LogP) is 2.90. The highest BCUT2D eigenvalue weighted by atomic mass is 16.3. The molecule has 10 nitrogen and oxygen atoms in total. The lowest BCUT2D eigenvalue weighted by Crippen LogP contribution is -2.39. The molecule has 1 aliphatic rings. The number of carbonyl (C=O) groups is 2. The molecule has 0 saturated carbocycles. The van der Waals surface area contributed by atoms with Gasteiger partial charge in [-0.1, -0.05) is 42.5 Å². The molecule has 0 bridgehead atoms. The van der Waals surface area contributed by atoms with Gasteiger partial charge in [-0.05, 0) is 36.2 Å². The molecule has 0 unspecified atom stereocenters. The van der Waals surface area contributed by atoms with Crippen molar-refractivity contribution in [3.63, 3.8) is 0 Å². The highest BCUT2D eigenvalue weighted by Crippen LogP contribution is 2.42. The number of benzene rings is 2. The summed E-state index contributed by atoms with van der Waals surface area (Å²) >= 11 is 0. The van der Waals surface area contributed by atoms with Gasteiger partial charge in [0.15, 0.2) is 5.60 Å². The summed E-state index contributed by atoms with van der Waals surface area (Å²) in [7, 11) is 0. The Labute approximate surface area is 219 Å². The third kappa shape index (κ3) is 4.96. The molecule has 0 fully saturated rings. The van der Waals surface area contributed by atoms with Gasteiger partial charge in [0, 0.05) is 65.7 Å². The second-order valence-electron chi connectivity index (χ2n) is 9.52. The largest absolute Gasteiger partial charge is 0.396 e. The monoisotopic (exact) mass is 514 g/mol. The number of H-pyrrole nitrogens is 1. The van der Waals surface area contributed by atoms with Gasteiger partial charge in [-0.3, -0.25) is 14.3 Å². The zero-order chi connectivity index (χ0) is 26.7. The molecular formula is C28H30N6O4. The van der Waals surface area contributed by atoms with Gasteiger partial charge in [0.2, 0.25) is 5.91 Å². The average Bonchev–Trinajstić information content (AvgIpc) is 3.60. The molecule has 5 N–H and O–H groups in total. The number of allylic oxidation sites excluding steroid dienone is 1. The topological polar surface area (TPSA) is 145 Å². The van der Waals surface area contributed by atoms with Gasteiger partial charge in [0.05, 0.1) is 12.1 Å². The van der Waals surface area contributed by atoms with Gasteiger partial charge >= 0.3 is 0 Å². The van der Waals surface area contributed by atoms with Crippen molar-refractivity contribution in [3.05, 3.63) is 83.8 Å². The molecule has 5 rings (SSSR count). The van der Waals surface area contributed by atoms with Crippen molar-refractivity contribution in [1.29, 1.82) is 0 Å². The first-order valence-corrected chi connectivity index (χ1v) is 12.6. The number of hydrogen-bond acceptors (Lipinski definition) is 6. The van der Waals surface area contributed by atoms with E-state index in [2.05, 4.69) is 25.9 Å². The fourth-order valence-electron chi connectivity index (χ4n) is 4.82. The third-order valence-electron chi connectivity index (χ3n) is 6.90. The first-order chi connectivity index (χ1) is 18.4. The first-order valence-electron chi connectivity index (χ1n) is 12.6. The van der Waals surface area contributed by atoms with Crippen LogP contribution < -0.4 is 10.6 Å². The summed E-state index contributed by atoms with van der Waals surface area (Å²) in [6, 6.07) is 12.9. The van der Waals surface area contributed by atoms with Crippen LogP contribution in [0.2, 0.25) is 0 Å². The maximum absolute atomic E-state index is 12.9. The molecule has 0 aliphatic carbocycles. The Morgan fingerprint density at radius 1 is 1.26 bits per heavy atom. The number of aromatic amines is 1. The van der Waals surface area contributed by atoms with E-state index in [-0.39, 0.29) is 18.9 Å². The molecule has 2 amide bonds. The van der Waals surface area contributed by atoms with Crippen LogP contribution in [-0.4, -0.2) is 48.6 Å². The van der Waals surface area contributed by atoms with Gasteiger partial charge in [0.1, 0.15) is 0 Å². The van der Waals surface area contributed by atoms with Gasteiger partial charge in [0.25, 0.3) is 5.91 Å². The summed E-state index contributed by atoms with van der Waals surface area (Å²) in [6.45, 7) is 2.38. The molecule has 1 aliphatic heterocycles. The number of anilines is 2. The molecule has 2 aromatic carbocycles. The van der Waals surface area contributed by atoms with Crippen molar-refractivity contribution in [2.75, 3.05) is 17.2 Å². The molecule has 10 heteroatoms. The number of nitrogens with zero attached hydrogens (tertiary/aromatic N) is 3. The van der Waals surface area contributed by atoms with E-state index in [0.29, 0.717) is 36.3 Å². The van der Waals surface area contributed by atoms with E-state index in [1.165, 1.54) is 0 Å². The molecular weight excluding hydrogens is 484 g/mol. The minimum absolute atomic E-state index is 0.0215. The van der Waals surface area contributed by atoms with Gasteiger partial charge in [-0.15, -0.1) is 5.10 Å². The van der Waals surface area contributed by atoms with E-state index >= 15 is 0 Å². The molecule has 0 spiro atoms. The van der Waals surface area contributed by atoms with Gasteiger partial charge < -0.3 is 25.8 Å². The Morgan fingerprint density at radius 3 is 2.95 bits per heavy atom. The van der Waals surface area contributed by atoms with Crippen molar-refractivity contribution in [1.82, 2.24) is 20.0 Å². The van der Waals surface area contributed by atoms with E-state index in [1.807, 2.05) is 42.6 Å². The first kappa shape index (κ1) is 25.4. The van der Waals surface area contributed by atoms with E-state index in [9.17, 15) is 14.7 Å². The quantitative estimate of drug-likeness (QED) is 0.206. The summed E-state index contributed by atoms with van der Waals surface area (Å²) in [4.78, 5) is 28.8. The summed E-state index contributed by atoms with van der Waals surface area (Å²) in [5.41, 5.74) is 2.26. The summed E-state index contributed by atoms with van der Waals surface area (Å²) in [6.07, 6.45) is 8.60. The van der Waals surface area contributed by atoms with Crippen LogP contribution in [0.4, 0.5) is 11.4 Å². The zero-order valence-electron chi connectivity index (χ0n) is 21.0. The number of fused-ring (bicyclic) bond motifs is 2. The smallest absolute Gasteiger partial charge is 0.261 e. The molecule has 2 atom stereocenters. The highest BCUT2D eigenvalue weighted by Gasteiger charge is 2.48. The van der Waals surface area contributed by atoms with Crippen LogP contribution in [0.5, 0.6) is 0 Å². The Kier molecular flexibility index (Phi) is 7.08.